The third-order valence-electron chi connectivity index (χ3n) is 4.24. The highest BCUT2D eigenvalue weighted by Gasteiger charge is 2.34. The van der Waals surface area contributed by atoms with Gasteiger partial charge in [-0.1, -0.05) is 6.42 Å². The summed E-state index contributed by atoms with van der Waals surface area (Å²) in [6.07, 6.45) is 5.49. The van der Waals surface area contributed by atoms with Gasteiger partial charge in [0.2, 0.25) is 0 Å². The molecule has 4 heteroatoms. The van der Waals surface area contributed by atoms with Gasteiger partial charge >= 0.3 is 0 Å². The summed E-state index contributed by atoms with van der Waals surface area (Å²) in [5.74, 6) is 0.770. The minimum atomic E-state index is 0.234. The average Bonchev–Trinajstić information content (AvgIpc) is 2.71. The van der Waals surface area contributed by atoms with Crippen molar-refractivity contribution >= 4 is 0 Å². The number of hydrogen-bond donors (Lipinski definition) is 1. The van der Waals surface area contributed by atoms with Crippen molar-refractivity contribution in [3.05, 3.63) is 0 Å². The second kappa shape index (κ2) is 6.14. The molecule has 4 unspecified atom stereocenters. The van der Waals surface area contributed by atoms with Crippen molar-refractivity contribution in [2.45, 2.75) is 43.9 Å². The van der Waals surface area contributed by atoms with Crippen LogP contribution < -0.4 is 5.73 Å². The van der Waals surface area contributed by atoms with E-state index < -0.39 is 0 Å². The lowest BCUT2D eigenvalue weighted by Crippen LogP contribution is -2.35. The molecule has 1 heterocycles. The third kappa shape index (κ3) is 3.41. The van der Waals surface area contributed by atoms with Crippen molar-refractivity contribution in [1.29, 1.82) is 0 Å². The summed E-state index contributed by atoms with van der Waals surface area (Å²) >= 11 is 0. The SMILES string of the molecule is COC1CN(CC2CCCC(N)C2)CC1OC. The molecule has 2 rings (SSSR count). The van der Waals surface area contributed by atoms with Gasteiger partial charge in [0.25, 0.3) is 0 Å². The second-order valence-corrected chi connectivity index (χ2v) is 5.56. The molecule has 0 aromatic rings. The highest BCUT2D eigenvalue weighted by atomic mass is 16.5. The first-order valence-corrected chi connectivity index (χ1v) is 6.76. The quantitative estimate of drug-likeness (QED) is 0.794. The van der Waals surface area contributed by atoms with Crippen LogP contribution in [-0.4, -0.2) is 57.0 Å². The Bertz CT molecular complexity index is 225. The van der Waals surface area contributed by atoms with Crippen molar-refractivity contribution in [2.75, 3.05) is 33.9 Å². The van der Waals surface area contributed by atoms with Gasteiger partial charge in [-0.25, -0.2) is 0 Å². The molecule has 100 valence electrons. The summed E-state index contributed by atoms with van der Waals surface area (Å²) in [5, 5.41) is 0. The number of hydrogen-bond acceptors (Lipinski definition) is 4. The molecule has 0 aromatic carbocycles. The molecule has 0 aromatic heterocycles. The van der Waals surface area contributed by atoms with Crippen molar-refractivity contribution in [3.8, 4) is 0 Å². The van der Waals surface area contributed by atoms with Gasteiger partial charge in [-0.05, 0) is 25.2 Å². The number of likely N-dealkylation sites (tertiary alicyclic amines) is 1. The summed E-state index contributed by atoms with van der Waals surface area (Å²) in [6, 6.07) is 0.424. The first kappa shape index (κ1) is 13.3. The zero-order chi connectivity index (χ0) is 12.3. The van der Waals surface area contributed by atoms with Gasteiger partial charge in [0.05, 0.1) is 12.2 Å². The molecule has 4 nitrogen and oxygen atoms in total. The van der Waals surface area contributed by atoms with E-state index in [1.807, 2.05) is 0 Å². The van der Waals surface area contributed by atoms with Crippen molar-refractivity contribution in [3.63, 3.8) is 0 Å². The van der Waals surface area contributed by atoms with E-state index in [1.54, 1.807) is 14.2 Å². The van der Waals surface area contributed by atoms with Crippen LogP contribution in [0.1, 0.15) is 25.7 Å². The van der Waals surface area contributed by atoms with Crippen LogP contribution in [-0.2, 0) is 9.47 Å². The summed E-state index contributed by atoms with van der Waals surface area (Å²) in [5.41, 5.74) is 6.04. The van der Waals surface area contributed by atoms with E-state index in [0.29, 0.717) is 6.04 Å². The molecule has 2 N–H and O–H groups in total. The van der Waals surface area contributed by atoms with E-state index in [4.69, 9.17) is 15.2 Å². The molecule has 2 fully saturated rings. The largest absolute Gasteiger partial charge is 0.377 e. The minimum absolute atomic E-state index is 0.234. The van der Waals surface area contributed by atoms with E-state index in [9.17, 15) is 0 Å². The molecule has 1 saturated carbocycles. The van der Waals surface area contributed by atoms with E-state index in [2.05, 4.69) is 4.90 Å². The molecule has 0 bridgehead atoms. The van der Waals surface area contributed by atoms with Crippen LogP contribution in [0.2, 0.25) is 0 Å². The predicted molar refractivity (Wildman–Crippen MR) is 68.0 cm³/mol. The Morgan fingerprint density at radius 2 is 1.76 bits per heavy atom. The molecule has 1 aliphatic carbocycles. The average molecular weight is 242 g/mol. The number of rotatable bonds is 4. The van der Waals surface area contributed by atoms with Crippen molar-refractivity contribution in [1.82, 2.24) is 4.90 Å². The standard InChI is InChI=1S/C13H26N2O2/c1-16-12-8-15(9-13(12)17-2)7-10-4-3-5-11(14)6-10/h10-13H,3-9,14H2,1-2H3. The summed E-state index contributed by atoms with van der Waals surface area (Å²) < 4.78 is 10.9. The van der Waals surface area contributed by atoms with Gasteiger partial charge in [-0.3, -0.25) is 4.90 Å². The van der Waals surface area contributed by atoms with E-state index in [0.717, 1.165) is 25.6 Å². The normalized spacial score (nSPS) is 39.7. The molecule has 1 aliphatic heterocycles. The number of nitrogens with two attached hydrogens (primary N) is 1. The van der Waals surface area contributed by atoms with Crippen LogP contribution in [0.15, 0.2) is 0 Å². The predicted octanol–water partition coefficient (Wildman–Crippen LogP) is 0.850. The van der Waals surface area contributed by atoms with Gasteiger partial charge < -0.3 is 15.2 Å². The molecular weight excluding hydrogens is 216 g/mol. The monoisotopic (exact) mass is 242 g/mol. The molecular formula is C13H26N2O2. The second-order valence-electron chi connectivity index (χ2n) is 5.56. The van der Waals surface area contributed by atoms with Crippen LogP contribution in [0.5, 0.6) is 0 Å². The maximum atomic E-state index is 6.04. The molecule has 0 radical (unpaired) electrons. The number of nitrogens with zero attached hydrogens (tertiary/aromatic N) is 1. The first-order chi connectivity index (χ1) is 8.22. The molecule has 4 atom stereocenters. The fourth-order valence-corrected chi connectivity index (χ4v) is 3.28. The van der Waals surface area contributed by atoms with Crippen LogP contribution in [0.25, 0.3) is 0 Å². The van der Waals surface area contributed by atoms with Crippen molar-refractivity contribution in [2.24, 2.45) is 11.7 Å². The smallest absolute Gasteiger partial charge is 0.0971 e. The lowest BCUT2D eigenvalue weighted by molar-refractivity contribution is -0.00461. The summed E-state index contributed by atoms with van der Waals surface area (Å²) in [6.45, 7) is 3.16. The topological polar surface area (TPSA) is 47.7 Å². The van der Waals surface area contributed by atoms with Gasteiger partial charge in [0.1, 0.15) is 0 Å². The van der Waals surface area contributed by atoms with Crippen molar-refractivity contribution < 1.29 is 9.47 Å². The maximum Gasteiger partial charge on any atom is 0.0971 e. The van der Waals surface area contributed by atoms with E-state index >= 15 is 0 Å². The van der Waals surface area contributed by atoms with Gasteiger partial charge in [-0.2, -0.15) is 0 Å². The Kier molecular flexibility index (Phi) is 4.79. The zero-order valence-corrected chi connectivity index (χ0v) is 11.1. The lowest BCUT2D eigenvalue weighted by Gasteiger charge is -2.30. The molecule has 0 amide bonds. The number of methoxy groups -OCH3 is 2. The highest BCUT2D eigenvalue weighted by molar-refractivity contribution is 4.88. The third-order valence-corrected chi connectivity index (χ3v) is 4.24. The Morgan fingerprint density at radius 1 is 1.12 bits per heavy atom. The van der Waals surface area contributed by atoms with Gasteiger partial charge in [-0.15, -0.1) is 0 Å². The maximum absolute atomic E-state index is 6.04. The minimum Gasteiger partial charge on any atom is -0.377 e. The highest BCUT2D eigenvalue weighted by Crippen LogP contribution is 2.26. The molecule has 2 aliphatic rings. The number of ether oxygens (including phenoxy) is 2. The lowest BCUT2D eigenvalue weighted by atomic mass is 9.86. The Morgan fingerprint density at radius 3 is 2.29 bits per heavy atom. The van der Waals surface area contributed by atoms with Crippen LogP contribution in [0.4, 0.5) is 0 Å². The summed E-state index contributed by atoms with van der Waals surface area (Å²) in [4.78, 5) is 2.48. The summed E-state index contributed by atoms with van der Waals surface area (Å²) in [7, 11) is 3.55. The van der Waals surface area contributed by atoms with E-state index in [-0.39, 0.29) is 12.2 Å². The Balaban J connectivity index is 1.80. The van der Waals surface area contributed by atoms with Gasteiger partial charge in [0.15, 0.2) is 0 Å². The fraction of sp³-hybridized carbons (Fsp3) is 1.00. The molecule has 1 saturated heterocycles. The fourth-order valence-electron chi connectivity index (χ4n) is 3.28. The van der Waals surface area contributed by atoms with Crippen LogP contribution in [0, 0.1) is 5.92 Å². The molecule has 0 spiro atoms. The Hall–Kier alpha value is -0.160. The Labute approximate surface area is 104 Å². The first-order valence-electron chi connectivity index (χ1n) is 6.76. The van der Waals surface area contributed by atoms with Crippen LogP contribution >= 0.6 is 0 Å². The molecule has 17 heavy (non-hydrogen) atoms. The van der Waals surface area contributed by atoms with Crippen LogP contribution in [0.3, 0.4) is 0 Å². The van der Waals surface area contributed by atoms with E-state index in [1.165, 1.54) is 25.7 Å². The zero-order valence-electron chi connectivity index (χ0n) is 11.1. The van der Waals surface area contributed by atoms with Gasteiger partial charge in [0, 0.05) is 39.9 Å².